The highest BCUT2D eigenvalue weighted by Gasteiger charge is 2.42. The van der Waals surface area contributed by atoms with E-state index in [2.05, 4.69) is 0 Å². The van der Waals surface area contributed by atoms with Gasteiger partial charge in [-0.2, -0.15) is 0 Å². The zero-order chi connectivity index (χ0) is 18.0. The number of carbonyl (C=O) groups is 1. The Labute approximate surface area is 149 Å². The van der Waals surface area contributed by atoms with E-state index in [9.17, 15) is 13.2 Å². The summed E-state index contributed by atoms with van der Waals surface area (Å²) in [5.74, 6) is -0.476. The van der Waals surface area contributed by atoms with Crippen LogP contribution in [0, 0.1) is 12.8 Å². The predicted octanol–water partition coefficient (Wildman–Crippen LogP) is 4.22. The summed E-state index contributed by atoms with van der Waals surface area (Å²) in [6, 6.07) is 16.1. The molecule has 0 saturated carbocycles. The molecule has 0 aliphatic heterocycles. The molecule has 0 amide bonds. The molecule has 1 aliphatic carbocycles. The fourth-order valence-corrected chi connectivity index (χ4v) is 5.42. The molecule has 130 valence electrons. The summed E-state index contributed by atoms with van der Waals surface area (Å²) in [6.07, 6.45) is 3.15. The first-order valence-electron chi connectivity index (χ1n) is 8.55. The number of aryl methyl sites for hydroxylation is 1. The van der Waals surface area contributed by atoms with Crippen molar-refractivity contribution in [2.75, 3.05) is 0 Å². The number of carbonyl (C=O) groups excluding carboxylic acids is 1. The number of hydrogen-bond donors (Lipinski definition) is 0. The molecule has 25 heavy (non-hydrogen) atoms. The number of ketones is 1. The largest absolute Gasteiger partial charge is 0.293 e. The van der Waals surface area contributed by atoms with E-state index in [1.165, 1.54) is 0 Å². The Morgan fingerprint density at radius 3 is 2.24 bits per heavy atom. The van der Waals surface area contributed by atoms with E-state index in [0.717, 1.165) is 11.1 Å². The van der Waals surface area contributed by atoms with Crippen LogP contribution in [0.1, 0.15) is 30.9 Å². The standard InChI is InChI=1S/C21H22O3S/c1-3-16-11-14-19(17-7-5-4-6-8-17)20(22)21(16)25(23,24)18-12-9-15(2)10-13-18/h4-10,12-14,16,21H,3,11H2,1-2H3/t16-,21+/m1/s1. The van der Waals surface area contributed by atoms with Crippen LogP contribution in [0.2, 0.25) is 0 Å². The van der Waals surface area contributed by atoms with Gasteiger partial charge in [-0.3, -0.25) is 4.79 Å². The van der Waals surface area contributed by atoms with Gasteiger partial charge in [0.1, 0.15) is 5.25 Å². The van der Waals surface area contributed by atoms with Crippen molar-refractivity contribution in [3.63, 3.8) is 0 Å². The number of allylic oxidation sites excluding steroid dienone is 2. The van der Waals surface area contributed by atoms with Gasteiger partial charge in [0.2, 0.25) is 0 Å². The molecule has 0 fully saturated rings. The van der Waals surface area contributed by atoms with E-state index >= 15 is 0 Å². The van der Waals surface area contributed by atoms with Crippen LogP contribution in [0.3, 0.4) is 0 Å². The molecule has 2 aromatic rings. The molecule has 0 radical (unpaired) electrons. The fourth-order valence-electron chi connectivity index (χ4n) is 3.39. The number of rotatable bonds is 4. The van der Waals surface area contributed by atoms with Crippen molar-refractivity contribution in [1.82, 2.24) is 0 Å². The van der Waals surface area contributed by atoms with Gasteiger partial charge in [-0.25, -0.2) is 8.42 Å². The smallest absolute Gasteiger partial charge is 0.188 e. The van der Waals surface area contributed by atoms with E-state index < -0.39 is 15.1 Å². The van der Waals surface area contributed by atoms with Crippen molar-refractivity contribution in [3.8, 4) is 0 Å². The Hall–Kier alpha value is -2.20. The minimum Gasteiger partial charge on any atom is -0.293 e. The van der Waals surface area contributed by atoms with Crippen LogP contribution in [0.15, 0.2) is 65.6 Å². The number of benzene rings is 2. The van der Waals surface area contributed by atoms with Gasteiger partial charge in [0.05, 0.1) is 4.90 Å². The Bertz CT molecular complexity index is 894. The summed E-state index contributed by atoms with van der Waals surface area (Å²) >= 11 is 0. The molecule has 2 atom stereocenters. The van der Waals surface area contributed by atoms with Crippen molar-refractivity contribution in [1.29, 1.82) is 0 Å². The highest BCUT2D eigenvalue weighted by Crippen LogP contribution is 2.36. The van der Waals surface area contributed by atoms with E-state index in [0.29, 0.717) is 18.4 Å². The molecule has 0 aromatic heterocycles. The third-order valence-corrected chi connectivity index (χ3v) is 7.07. The normalized spacial score (nSPS) is 21.0. The highest BCUT2D eigenvalue weighted by molar-refractivity contribution is 7.93. The van der Waals surface area contributed by atoms with Gasteiger partial charge >= 0.3 is 0 Å². The lowest BCUT2D eigenvalue weighted by atomic mass is 9.84. The van der Waals surface area contributed by atoms with Gasteiger partial charge in [-0.15, -0.1) is 0 Å². The van der Waals surface area contributed by atoms with E-state index in [4.69, 9.17) is 0 Å². The average Bonchev–Trinajstić information content (AvgIpc) is 2.62. The number of sulfone groups is 1. The third-order valence-electron chi connectivity index (χ3n) is 4.87. The van der Waals surface area contributed by atoms with Crippen molar-refractivity contribution < 1.29 is 13.2 Å². The molecule has 4 heteroatoms. The minimum atomic E-state index is -3.72. The molecule has 2 aromatic carbocycles. The van der Waals surface area contributed by atoms with E-state index in [1.807, 2.05) is 50.3 Å². The zero-order valence-electron chi connectivity index (χ0n) is 14.5. The lowest BCUT2D eigenvalue weighted by molar-refractivity contribution is -0.114. The van der Waals surface area contributed by atoms with Gasteiger partial charge in [0, 0.05) is 5.57 Å². The Balaban J connectivity index is 2.05. The summed E-state index contributed by atoms with van der Waals surface area (Å²) in [7, 11) is -3.72. The molecular formula is C21H22O3S. The maximum absolute atomic E-state index is 13.2. The minimum absolute atomic E-state index is 0.189. The second-order valence-corrected chi connectivity index (χ2v) is 8.60. The molecule has 1 aliphatic rings. The third kappa shape index (κ3) is 3.31. The van der Waals surface area contributed by atoms with Crippen LogP contribution >= 0.6 is 0 Å². The molecule has 3 nitrogen and oxygen atoms in total. The molecule has 0 saturated heterocycles. The van der Waals surface area contributed by atoms with Crippen LogP contribution < -0.4 is 0 Å². The first kappa shape index (κ1) is 17.6. The Kier molecular flexibility index (Phi) is 4.91. The van der Waals surface area contributed by atoms with Gasteiger partial charge in [0.25, 0.3) is 0 Å². The number of Topliss-reactive ketones (excluding diaryl/α,β-unsaturated/α-hetero) is 1. The van der Waals surface area contributed by atoms with Crippen molar-refractivity contribution >= 4 is 21.2 Å². The molecule has 3 rings (SSSR count). The fraction of sp³-hybridized carbons (Fsp3) is 0.286. The Morgan fingerprint density at radius 2 is 1.64 bits per heavy atom. The maximum Gasteiger partial charge on any atom is 0.188 e. The van der Waals surface area contributed by atoms with Crippen LogP contribution in [0.25, 0.3) is 5.57 Å². The second-order valence-electron chi connectivity index (χ2n) is 6.53. The summed E-state index contributed by atoms with van der Waals surface area (Å²) in [5.41, 5.74) is 2.29. The van der Waals surface area contributed by atoms with Gasteiger partial charge in [0.15, 0.2) is 15.6 Å². The van der Waals surface area contributed by atoms with Crippen molar-refractivity contribution in [2.24, 2.45) is 5.92 Å². The Morgan fingerprint density at radius 1 is 1.00 bits per heavy atom. The lowest BCUT2D eigenvalue weighted by Gasteiger charge is -2.29. The lowest BCUT2D eigenvalue weighted by Crippen LogP contribution is -2.40. The molecule has 0 heterocycles. The van der Waals surface area contributed by atoms with E-state index in [1.54, 1.807) is 24.3 Å². The number of hydrogen-bond acceptors (Lipinski definition) is 3. The van der Waals surface area contributed by atoms with Crippen molar-refractivity contribution in [2.45, 2.75) is 36.8 Å². The summed E-state index contributed by atoms with van der Waals surface area (Å²) < 4.78 is 26.4. The molecular weight excluding hydrogens is 332 g/mol. The van der Waals surface area contributed by atoms with Gasteiger partial charge in [-0.05, 0) is 37.0 Å². The van der Waals surface area contributed by atoms with Crippen LogP contribution in [0.4, 0.5) is 0 Å². The molecule has 0 bridgehead atoms. The van der Waals surface area contributed by atoms with Crippen LogP contribution in [-0.4, -0.2) is 19.5 Å². The summed E-state index contributed by atoms with van der Waals surface area (Å²) in [4.78, 5) is 13.4. The van der Waals surface area contributed by atoms with Crippen molar-refractivity contribution in [3.05, 3.63) is 71.8 Å². The molecule has 0 unspecified atom stereocenters. The average molecular weight is 354 g/mol. The van der Waals surface area contributed by atoms with Gasteiger partial charge in [-0.1, -0.05) is 67.4 Å². The second kappa shape index (κ2) is 6.96. The molecule has 0 N–H and O–H groups in total. The zero-order valence-corrected chi connectivity index (χ0v) is 15.3. The van der Waals surface area contributed by atoms with Crippen LogP contribution in [-0.2, 0) is 14.6 Å². The maximum atomic E-state index is 13.2. The van der Waals surface area contributed by atoms with Crippen LogP contribution in [0.5, 0.6) is 0 Å². The SMILES string of the molecule is CC[C@@H]1CC=C(c2ccccc2)C(=O)[C@H]1S(=O)(=O)c1ccc(C)cc1. The van der Waals surface area contributed by atoms with E-state index in [-0.39, 0.29) is 16.6 Å². The summed E-state index contributed by atoms with van der Waals surface area (Å²) in [5, 5.41) is -1.01. The predicted molar refractivity (Wildman–Crippen MR) is 100.0 cm³/mol. The topological polar surface area (TPSA) is 51.2 Å². The first-order valence-corrected chi connectivity index (χ1v) is 10.1. The summed E-state index contributed by atoms with van der Waals surface area (Å²) in [6.45, 7) is 3.85. The molecule has 0 spiro atoms. The first-order chi connectivity index (χ1) is 11.9. The quantitative estimate of drug-likeness (QED) is 0.826. The highest BCUT2D eigenvalue weighted by atomic mass is 32.2. The van der Waals surface area contributed by atoms with Gasteiger partial charge < -0.3 is 0 Å². The monoisotopic (exact) mass is 354 g/mol.